The molecule has 0 atom stereocenters. The summed E-state index contributed by atoms with van der Waals surface area (Å²) in [6, 6.07) is 12.9. The van der Waals surface area contributed by atoms with E-state index in [1.165, 1.54) is 24.8 Å². The highest BCUT2D eigenvalue weighted by atomic mass is 16.6. The van der Waals surface area contributed by atoms with Crippen LogP contribution in [0.25, 0.3) is 0 Å². The smallest absolute Gasteiger partial charge is 0.273 e. The third-order valence-electron chi connectivity index (χ3n) is 6.71. The molecular formula is C27H34N4O5. The number of aromatic hydroxyl groups is 1. The number of aryl methyl sites for hydroxylation is 1. The number of unbranched alkanes of at least 4 members (excludes halogenated alkanes) is 1. The maximum absolute atomic E-state index is 11.3. The monoisotopic (exact) mass is 494 g/mol. The van der Waals surface area contributed by atoms with Crippen molar-refractivity contribution in [1.29, 1.82) is 0 Å². The van der Waals surface area contributed by atoms with E-state index in [0.29, 0.717) is 24.6 Å². The number of imidazole rings is 1. The van der Waals surface area contributed by atoms with Gasteiger partial charge in [0.15, 0.2) is 11.5 Å². The molecule has 1 saturated heterocycles. The predicted octanol–water partition coefficient (Wildman–Crippen LogP) is 4.88. The van der Waals surface area contributed by atoms with Crippen molar-refractivity contribution >= 4 is 5.69 Å². The third-order valence-corrected chi connectivity index (χ3v) is 6.71. The maximum atomic E-state index is 11.3. The first kappa shape index (κ1) is 25.7. The lowest BCUT2D eigenvalue weighted by Gasteiger charge is -2.32. The molecule has 1 aromatic heterocycles. The van der Waals surface area contributed by atoms with E-state index in [0.717, 1.165) is 57.7 Å². The first-order valence-electron chi connectivity index (χ1n) is 12.4. The summed E-state index contributed by atoms with van der Waals surface area (Å²) in [6.45, 7) is 4.41. The number of nitro benzene ring substituents is 1. The number of benzene rings is 2. The van der Waals surface area contributed by atoms with Crippen molar-refractivity contribution in [1.82, 2.24) is 14.5 Å². The summed E-state index contributed by atoms with van der Waals surface area (Å²) < 4.78 is 13.2. The van der Waals surface area contributed by atoms with E-state index in [-0.39, 0.29) is 17.2 Å². The van der Waals surface area contributed by atoms with Gasteiger partial charge in [0.2, 0.25) is 0 Å². The van der Waals surface area contributed by atoms with E-state index in [1.807, 2.05) is 24.4 Å². The molecule has 0 spiro atoms. The standard InChI is InChI=1S/C27H34N4O5/c1-35-25-18-24(31(33)34)17-23(26(25)32)19-29-13-9-22(10-14-29)27-28-11-15-30(27)12-5-6-16-36-20-21-7-3-2-4-8-21/h2-4,7-8,11,15,17-18,22,32H,5-6,9-10,12-14,16,19-20H2,1H3. The van der Waals surface area contributed by atoms with Gasteiger partial charge in [0, 0.05) is 49.6 Å². The topological polar surface area (TPSA) is 103 Å². The minimum absolute atomic E-state index is 0.0338. The van der Waals surface area contributed by atoms with Crippen LogP contribution < -0.4 is 4.74 Å². The second-order valence-corrected chi connectivity index (χ2v) is 9.19. The van der Waals surface area contributed by atoms with E-state index >= 15 is 0 Å². The Morgan fingerprint density at radius 2 is 1.94 bits per heavy atom. The van der Waals surface area contributed by atoms with E-state index in [1.54, 1.807) is 0 Å². The summed E-state index contributed by atoms with van der Waals surface area (Å²) in [4.78, 5) is 17.7. The fourth-order valence-corrected chi connectivity index (χ4v) is 4.74. The first-order chi connectivity index (χ1) is 17.5. The lowest BCUT2D eigenvalue weighted by molar-refractivity contribution is -0.385. The molecule has 0 unspecified atom stereocenters. The number of methoxy groups -OCH3 is 1. The van der Waals surface area contributed by atoms with Crippen molar-refractivity contribution in [3.8, 4) is 11.5 Å². The third kappa shape index (κ3) is 6.61. The zero-order valence-corrected chi connectivity index (χ0v) is 20.7. The summed E-state index contributed by atoms with van der Waals surface area (Å²) in [5, 5.41) is 21.7. The molecule has 0 bridgehead atoms. The summed E-state index contributed by atoms with van der Waals surface area (Å²) in [5.41, 5.74) is 1.62. The highest BCUT2D eigenvalue weighted by Crippen LogP contribution is 2.36. The average Bonchev–Trinajstić information content (AvgIpc) is 3.36. The molecule has 192 valence electrons. The number of non-ortho nitro benzene ring substituents is 1. The molecule has 36 heavy (non-hydrogen) atoms. The van der Waals surface area contributed by atoms with Gasteiger partial charge in [-0.2, -0.15) is 0 Å². The minimum Gasteiger partial charge on any atom is -0.504 e. The minimum atomic E-state index is -0.465. The van der Waals surface area contributed by atoms with Crippen molar-refractivity contribution < 1.29 is 19.5 Å². The number of phenolic OH excluding ortho intramolecular Hbond substituents is 1. The van der Waals surface area contributed by atoms with E-state index < -0.39 is 4.92 Å². The van der Waals surface area contributed by atoms with Crippen LogP contribution in [-0.2, 0) is 24.4 Å². The number of likely N-dealkylation sites (tertiary alicyclic amines) is 1. The largest absolute Gasteiger partial charge is 0.504 e. The van der Waals surface area contributed by atoms with Crippen LogP contribution in [0.15, 0.2) is 54.9 Å². The van der Waals surface area contributed by atoms with Gasteiger partial charge in [0.05, 0.1) is 24.7 Å². The van der Waals surface area contributed by atoms with Crippen molar-refractivity contribution in [3.63, 3.8) is 0 Å². The Morgan fingerprint density at radius 1 is 1.17 bits per heavy atom. The maximum Gasteiger partial charge on any atom is 0.273 e. The Morgan fingerprint density at radius 3 is 2.67 bits per heavy atom. The number of rotatable bonds is 12. The number of nitrogens with zero attached hydrogens (tertiary/aromatic N) is 4. The van der Waals surface area contributed by atoms with Crippen LogP contribution in [-0.4, -0.2) is 51.3 Å². The molecule has 0 saturated carbocycles. The SMILES string of the molecule is COc1cc([N+](=O)[O-])cc(CN2CCC(c3nccn3CCCCOCc3ccccc3)CC2)c1O. The lowest BCUT2D eigenvalue weighted by Crippen LogP contribution is -2.33. The van der Waals surface area contributed by atoms with Gasteiger partial charge in [-0.05, 0) is 44.3 Å². The molecule has 2 aromatic carbocycles. The highest BCUT2D eigenvalue weighted by molar-refractivity contribution is 5.53. The molecule has 9 heteroatoms. The van der Waals surface area contributed by atoms with Crippen molar-refractivity contribution in [2.45, 2.75) is 51.3 Å². The summed E-state index contributed by atoms with van der Waals surface area (Å²) in [6.07, 6.45) is 7.86. The van der Waals surface area contributed by atoms with Crippen LogP contribution in [0.1, 0.15) is 48.6 Å². The fraction of sp³-hybridized carbons (Fsp3) is 0.444. The Labute approximate surface area is 211 Å². The summed E-state index contributed by atoms with van der Waals surface area (Å²) in [5.74, 6) is 1.59. The molecule has 9 nitrogen and oxygen atoms in total. The number of phenols is 1. The van der Waals surface area contributed by atoms with Crippen molar-refractivity contribution in [2.75, 3.05) is 26.8 Å². The second kappa shape index (κ2) is 12.5. The number of piperidine rings is 1. The zero-order chi connectivity index (χ0) is 25.3. The molecular weight excluding hydrogens is 460 g/mol. The Bertz CT molecular complexity index is 1130. The molecule has 2 heterocycles. The molecule has 3 aromatic rings. The number of nitro groups is 1. The zero-order valence-electron chi connectivity index (χ0n) is 20.7. The predicted molar refractivity (Wildman–Crippen MR) is 136 cm³/mol. The van der Waals surface area contributed by atoms with Crippen LogP contribution in [0.4, 0.5) is 5.69 Å². The number of aromatic nitrogens is 2. The van der Waals surface area contributed by atoms with Gasteiger partial charge in [-0.1, -0.05) is 30.3 Å². The van der Waals surface area contributed by atoms with Crippen LogP contribution in [0.3, 0.4) is 0 Å². The van der Waals surface area contributed by atoms with Crippen LogP contribution in [0.5, 0.6) is 11.5 Å². The van der Waals surface area contributed by atoms with Crippen LogP contribution >= 0.6 is 0 Å². The molecule has 0 aliphatic carbocycles. The molecule has 0 amide bonds. The van der Waals surface area contributed by atoms with E-state index in [9.17, 15) is 15.2 Å². The van der Waals surface area contributed by atoms with Gasteiger partial charge in [-0.25, -0.2) is 4.98 Å². The Hall–Kier alpha value is -3.43. The Balaban J connectivity index is 1.24. The summed E-state index contributed by atoms with van der Waals surface area (Å²) in [7, 11) is 1.40. The van der Waals surface area contributed by atoms with Crippen LogP contribution in [0.2, 0.25) is 0 Å². The normalized spacial score (nSPS) is 14.7. The van der Waals surface area contributed by atoms with E-state index in [2.05, 4.69) is 32.8 Å². The molecule has 4 rings (SSSR count). The summed E-state index contributed by atoms with van der Waals surface area (Å²) >= 11 is 0. The first-order valence-corrected chi connectivity index (χ1v) is 12.4. The highest BCUT2D eigenvalue weighted by Gasteiger charge is 2.25. The van der Waals surface area contributed by atoms with Gasteiger partial charge in [-0.3, -0.25) is 15.0 Å². The van der Waals surface area contributed by atoms with E-state index in [4.69, 9.17) is 9.47 Å². The molecule has 1 N–H and O–H groups in total. The fourth-order valence-electron chi connectivity index (χ4n) is 4.74. The lowest BCUT2D eigenvalue weighted by atomic mass is 9.95. The quantitative estimate of drug-likeness (QED) is 0.217. The second-order valence-electron chi connectivity index (χ2n) is 9.19. The molecule has 1 aliphatic rings. The van der Waals surface area contributed by atoms with Gasteiger partial charge in [0.25, 0.3) is 5.69 Å². The van der Waals surface area contributed by atoms with Gasteiger partial charge >= 0.3 is 0 Å². The van der Waals surface area contributed by atoms with Crippen molar-refractivity contribution in [2.24, 2.45) is 0 Å². The number of hydrogen-bond acceptors (Lipinski definition) is 7. The van der Waals surface area contributed by atoms with Crippen molar-refractivity contribution in [3.05, 3.63) is 81.9 Å². The number of ether oxygens (including phenoxy) is 2. The van der Waals surface area contributed by atoms with Gasteiger partial charge < -0.3 is 19.1 Å². The molecule has 1 aliphatic heterocycles. The van der Waals surface area contributed by atoms with Gasteiger partial charge in [0.1, 0.15) is 5.82 Å². The number of hydrogen-bond donors (Lipinski definition) is 1. The molecule has 1 fully saturated rings. The molecule has 0 radical (unpaired) electrons. The van der Waals surface area contributed by atoms with Gasteiger partial charge in [-0.15, -0.1) is 0 Å². The Kier molecular flexibility index (Phi) is 8.91. The van der Waals surface area contributed by atoms with Crippen LogP contribution in [0, 0.1) is 10.1 Å². The average molecular weight is 495 g/mol.